The van der Waals surface area contributed by atoms with Crippen LogP contribution in [0.2, 0.25) is 5.02 Å². The molecule has 1 heterocycles. The minimum Gasteiger partial charge on any atom is -0.350 e. The number of nitriles is 2. The van der Waals surface area contributed by atoms with Crippen LogP contribution >= 0.6 is 11.6 Å². The number of rotatable bonds is 1. The summed E-state index contributed by atoms with van der Waals surface area (Å²) in [6, 6.07) is 7.77. The first kappa shape index (κ1) is 14.4. The molecule has 9 heteroatoms. The standard InChI is InChI=1S/C14H6ClN7O/c15-6-1-2-7-8(3-6)12(21-22-14(18)23)13-11(7)19-9(4-16)10(5-17)20-13/h1-3H,(H3,18,22,23)/b21-12-. The van der Waals surface area contributed by atoms with Gasteiger partial charge in [-0.3, -0.25) is 0 Å². The molecule has 1 aromatic heterocycles. The van der Waals surface area contributed by atoms with Gasteiger partial charge in [-0.15, -0.1) is 0 Å². The second kappa shape index (κ2) is 5.37. The number of nitrogens with two attached hydrogens (primary N) is 1. The molecular formula is C14H6ClN7O. The van der Waals surface area contributed by atoms with E-state index < -0.39 is 6.03 Å². The number of hydrogen-bond donors (Lipinski definition) is 2. The second-order valence-corrected chi connectivity index (χ2v) is 4.90. The first-order chi connectivity index (χ1) is 11.0. The molecule has 2 aromatic rings. The van der Waals surface area contributed by atoms with Crippen molar-refractivity contribution in [3.05, 3.63) is 45.9 Å². The van der Waals surface area contributed by atoms with Crippen LogP contribution in [0.5, 0.6) is 0 Å². The third kappa shape index (κ3) is 2.33. The number of primary amides is 1. The first-order valence-electron chi connectivity index (χ1n) is 6.21. The van der Waals surface area contributed by atoms with E-state index >= 15 is 0 Å². The van der Waals surface area contributed by atoms with E-state index in [9.17, 15) is 4.79 Å². The highest BCUT2D eigenvalue weighted by atomic mass is 35.5. The maximum absolute atomic E-state index is 10.9. The fourth-order valence-corrected chi connectivity index (χ4v) is 2.39. The van der Waals surface area contributed by atoms with Gasteiger partial charge in [-0.1, -0.05) is 17.7 Å². The van der Waals surface area contributed by atoms with Crippen LogP contribution in [0.15, 0.2) is 23.3 Å². The number of aromatic nitrogens is 2. The maximum atomic E-state index is 10.9. The SMILES string of the molecule is N#Cc1nc2c(nc1C#N)-c1ccc(Cl)cc1/C2=N/NC(N)=O. The van der Waals surface area contributed by atoms with Crippen molar-refractivity contribution in [2.45, 2.75) is 0 Å². The molecule has 0 radical (unpaired) electrons. The molecule has 1 aliphatic carbocycles. The molecule has 0 unspecified atom stereocenters. The zero-order valence-electron chi connectivity index (χ0n) is 11.3. The van der Waals surface area contributed by atoms with Crippen LogP contribution in [0.1, 0.15) is 22.6 Å². The van der Waals surface area contributed by atoms with Gasteiger partial charge in [-0.2, -0.15) is 15.6 Å². The molecule has 0 saturated heterocycles. The quantitative estimate of drug-likeness (QED) is 0.649. The zero-order chi connectivity index (χ0) is 16.6. The van der Waals surface area contributed by atoms with E-state index in [0.717, 1.165) is 0 Å². The number of amides is 2. The summed E-state index contributed by atoms with van der Waals surface area (Å²) in [5, 5.41) is 22.5. The molecule has 0 bridgehead atoms. The lowest BCUT2D eigenvalue weighted by Gasteiger charge is -2.01. The van der Waals surface area contributed by atoms with Gasteiger partial charge in [-0.25, -0.2) is 20.2 Å². The van der Waals surface area contributed by atoms with E-state index in [1.807, 2.05) is 12.1 Å². The molecule has 0 saturated carbocycles. The Kier molecular flexibility index (Phi) is 3.37. The average Bonchev–Trinajstić information content (AvgIpc) is 2.83. The number of hydrazone groups is 1. The highest BCUT2D eigenvalue weighted by molar-refractivity contribution is 6.32. The van der Waals surface area contributed by atoms with Crippen LogP contribution in [0.3, 0.4) is 0 Å². The molecule has 3 N–H and O–H groups in total. The van der Waals surface area contributed by atoms with Gasteiger partial charge >= 0.3 is 6.03 Å². The highest BCUT2D eigenvalue weighted by Gasteiger charge is 2.30. The zero-order valence-corrected chi connectivity index (χ0v) is 12.1. The molecule has 1 aromatic carbocycles. The number of benzene rings is 1. The summed E-state index contributed by atoms with van der Waals surface area (Å²) in [6.45, 7) is 0. The van der Waals surface area contributed by atoms with Crippen molar-refractivity contribution >= 4 is 23.3 Å². The number of nitrogens with zero attached hydrogens (tertiary/aromatic N) is 5. The van der Waals surface area contributed by atoms with Gasteiger partial charge in [-0.05, 0) is 12.1 Å². The Labute approximate surface area is 134 Å². The van der Waals surface area contributed by atoms with Crippen LogP contribution in [-0.4, -0.2) is 21.7 Å². The van der Waals surface area contributed by atoms with Crippen molar-refractivity contribution < 1.29 is 4.79 Å². The lowest BCUT2D eigenvalue weighted by Crippen LogP contribution is -2.26. The predicted octanol–water partition coefficient (Wildman–Crippen LogP) is 1.27. The number of hydrogen-bond acceptors (Lipinski definition) is 6. The Morgan fingerprint density at radius 1 is 1.17 bits per heavy atom. The molecule has 0 aliphatic heterocycles. The van der Waals surface area contributed by atoms with E-state index in [2.05, 4.69) is 20.5 Å². The Morgan fingerprint density at radius 2 is 1.83 bits per heavy atom. The van der Waals surface area contributed by atoms with Gasteiger partial charge < -0.3 is 5.73 Å². The van der Waals surface area contributed by atoms with Gasteiger partial charge in [0.1, 0.15) is 29.2 Å². The molecule has 1 aliphatic rings. The van der Waals surface area contributed by atoms with Crippen LogP contribution in [-0.2, 0) is 0 Å². The fourth-order valence-electron chi connectivity index (χ4n) is 2.21. The van der Waals surface area contributed by atoms with E-state index in [1.165, 1.54) is 0 Å². The number of carbonyl (C=O) groups excluding carboxylic acids is 1. The normalized spacial score (nSPS) is 12.9. The van der Waals surface area contributed by atoms with Crippen molar-refractivity contribution in [1.29, 1.82) is 10.5 Å². The molecule has 0 fully saturated rings. The number of fused-ring (bicyclic) bond motifs is 3. The first-order valence-corrected chi connectivity index (χ1v) is 6.59. The number of carbonyl (C=O) groups is 1. The van der Waals surface area contributed by atoms with Gasteiger partial charge in [0.15, 0.2) is 11.4 Å². The number of halogens is 1. The van der Waals surface area contributed by atoms with Gasteiger partial charge in [0.05, 0.1) is 0 Å². The second-order valence-electron chi connectivity index (χ2n) is 4.47. The smallest absolute Gasteiger partial charge is 0.332 e. The highest BCUT2D eigenvalue weighted by Crippen LogP contribution is 2.36. The van der Waals surface area contributed by atoms with Crippen LogP contribution < -0.4 is 11.2 Å². The summed E-state index contributed by atoms with van der Waals surface area (Å²) in [5.74, 6) is 0. The molecule has 3 rings (SSSR count). The summed E-state index contributed by atoms with van der Waals surface area (Å²) >= 11 is 6.00. The van der Waals surface area contributed by atoms with Crippen molar-refractivity contribution in [2.75, 3.05) is 0 Å². The van der Waals surface area contributed by atoms with Crippen molar-refractivity contribution in [2.24, 2.45) is 10.8 Å². The molecule has 110 valence electrons. The van der Waals surface area contributed by atoms with E-state index in [4.69, 9.17) is 27.9 Å². The van der Waals surface area contributed by atoms with Crippen LogP contribution in [0.25, 0.3) is 11.3 Å². The Bertz CT molecular complexity index is 968. The van der Waals surface area contributed by atoms with Gasteiger partial charge in [0, 0.05) is 16.1 Å². The Balaban J connectivity index is 2.32. The molecule has 0 atom stereocenters. The van der Waals surface area contributed by atoms with Gasteiger partial charge in [0.25, 0.3) is 0 Å². The van der Waals surface area contributed by atoms with E-state index in [0.29, 0.717) is 21.8 Å². The monoisotopic (exact) mass is 323 g/mol. The Morgan fingerprint density at radius 3 is 2.43 bits per heavy atom. The fraction of sp³-hybridized carbons (Fsp3) is 0. The lowest BCUT2D eigenvalue weighted by atomic mass is 10.1. The van der Waals surface area contributed by atoms with E-state index in [-0.39, 0.29) is 22.8 Å². The largest absolute Gasteiger partial charge is 0.350 e. The summed E-state index contributed by atoms with van der Waals surface area (Å²) in [7, 11) is 0. The summed E-state index contributed by atoms with van der Waals surface area (Å²) in [6.07, 6.45) is 0. The maximum Gasteiger partial charge on any atom is 0.332 e. The van der Waals surface area contributed by atoms with Crippen LogP contribution in [0.4, 0.5) is 4.79 Å². The third-order valence-corrected chi connectivity index (χ3v) is 3.34. The summed E-state index contributed by atoms with van der Waals surface area (Å²) in [5.41, 5.74) is 9.07. The number of urea groups is 1. The third-order valence-electron chi connectivity index (χ3n) is 3.10. The van der Waals surface area contributed by atoms with Crippen LogP contribution in [0, 0.1) is 22.7 Å². The molecule has 23 heavy (non-hydrogen) atoms. The summed E-state index contributed by atoms with van der Waals surface area (Å²) in [4.78, 5) is 19.2. The Hall–Kier alpha value is -3.49. The van der Waals surface area contributed by atoms with Crippen molar-refractivity contribution in [3.8, 4) is 23.4 Å². The molecular weight excluding hydrogens is 318 g/mol. The lowest BCUT2D eigenvalue weighted by molar-refractivity contribution is 0.249. The van der Waals surface area contributed by atoms with E-state index in [1.54, 1.807) is 18.2 Å². The predicted molar refractivity (Wildman–Crippen MR) is 80.3 cm³/mol. The molecule has 8 nitrogen and oxygen atoms in total. The average molecular weight is 324 g/mol. The minimum absolute atomic E-state index is 0.0868. The topological polar surface area (TPSA) is 141 Å². The molecule has 2 amide bonds. The molecule has 0 spiro atoms. The van der Waals surface area contributed by atoms with Gasteiger partial charge in [0.2, 0.25) is 0 Å². The van der Waals surface area contributed by atoms with Crippen molar-refractivity contribution in [1.82, 2.24) is 15.4 Å². The summed E-state index contributed by atoms with van der Waals surface area (Å²) < 4.78 is 0. The van der Waals surface area contributed by atoms with Crippen molar-refractivity contribution in [3.63, 3.8) is 0 Å². The number of nitrogens with one attached hydrogen (secondary N) is 1. The minimum atomic E-state index is -0.850.